The number of nitrogens with zero attached hydrogens (tertiary/aromatic N) is 2. The van der Waals surface area contributed by atoms with E-state index in [-0.39, 0.29) is 23.8 Å². The van der Waals surface area contributed by atoms with Gasteiger partial charge in [0.25, 0.3) is 0 Å². The van der Waals surface area contributed by atoms with Crippen LogP contribution in [0.25, 0.3) is 0 Å². The Balaban J connectivity index is 1.27. The van der Waals surface area contributed by atoms with Crippen LogP contribution in [0.4, 0.5) is 5.69 Å². The molecular weight excluding hydrogens is 444 g/mol. The average molecular weight is 471 g/mol. The summed E-state index contributed by atoms with van der Waals surface area (Å²) < 4.78 is 40.7. The van der Waals surface area contributed by atoms with Crippen LogP contribution >= 0.6 is 0 Å². The maximum absolute atomic E-state index is 12.6. The molecule has 33 heavy (non-hydrogen) atoms. The fourth-order valence-corrected chi connectivity index (χ4v) is 4.42. The third kappa shape index (κ3) is 5.91. The van der Waals surface area contributed by atoms with E-state index in [4.69, 9.17) is 9.47 Å². The molecule has 10 heteroatoms. The van der Waals surface area contributed by atoms with Crippen LogP contribution in [-0.2, 0) is 21.4 Å². The highest BCUT2D eigenvalue weighted by atomic mass is 32.2. The quantitative estimate of drug-likeness (QED) is 0.524. The maximum atomic E-state index is 12.6. The number of nitrogens with one attached hydrogen (secondary N) is 2. The molecule has 0 saturated heterocycles. The van der Waals surface area contributed by atoms with E-state index < -0.39 is 10.0 Å². The second-order valence-electron chi connectivity index (χ2n) is 7.65. The summed E-state index contributed by atoms with van der Waals surface area (Å²) >= 11 is 0. The minimum absolute atomic E-state index is 0.000234. The molecule has 174 valence electrons. The normalized spacial score (nSPS) is 13.4. The van der Waals surface area contributed by atoms with Gasteiger partial charge in [0.1, 0.15) is 5.82 Å². The highest BCUT2D eigenvalue weighted by molar-refractivity contribution is 7.89. The summed E-state index contributed by atoms with van der Waals surface area (Å²) in [5.74, 6) is 1.58. The number of aryl methyl sites for hydroxylation is 1. The lowest BCUT2D eigenvalue weighted by atomic mass is 10.2. The van der Waals surface area contributed by atoms with Gasteiger partial charge in [-0.3, -0.25) is 4.79 Å². The van der Waals surface area contributed by atoms with Crippen LogP contribution in [0.5, 0.6) is 11.5 Å². The standard InChI is InChI=1S/C23H26N4O5S/c1-17-24-11-12-27(17)16-18-3-5-19(6-4-18)26-23(28)9-10-25-33(29,30)20-7-8-21-22(15-20)32-14-2-13-31-21/h3-8,11-12,15,25H,2,9-10,13-14,16H2,1H3,(H,26,28). The van der Waals surface area contributed by atoms with Gasteiger partial charge >= 0.3 is 0 Å². The van der Waals surface area contributed by atoms with Crippen molar-refractivity contribution >= 4 is 21.6 Å². The van der Waals surface area contributed by atoms with Gasteiger partial charge in [0, 0.05) is 50.1 Å². The molecule has 3 aromatic rings. The Morgan fingerprint density at radius 3 is 2.58 bits per heavy atom. The molecule has 1 aromatic heterocycles. The molecule has 4 rings (SSSR count). The van der Waals surface area contributed by atoms with Crippen LogP contribution in [0.15, 0.2) is 59.8 Å². The zero-order valence-electron chi connectivity index (χ0n) is 18.3. The molecule has 2 N–H and O–H groups in total. The SMILES string of the molecule is Cc1nccn1Cc1ccc(NC(=O)CCNS(=O)(=O)c2ccc3c(c2)OCCCO3)cc1. The van der Waals surface area contributed by atoms with Gasteiger partial charge in [-0.1, -0.05) is 12.1 Å². The number of aromatic nitrogens is 2. The molecule has 0 spiro atoms. The van der Waals surface area contributed by atoms with Gasteiger partial charge in [-0.15, -0.1) is 0 Å². The van der Waals surface area contributed by atoms with Crippen molar-refractivity contribution in [3.05, 3.63) is 66.2 Å². The number of hydrogen-bond acceptors (Lipinski definition) is 6. The van der Waals surface area contributed by atoms with Crippen molar-refractivity contribution in [3.8, 4) is 11.5 Å². The zero-order chi connectivity index (χ0) is 23.3. The van der Waals surface area contributed by atoms with Gasteiger partial charge in [-0.05, 0) is 36.8 Å². The Hall–Kier alpha value is -3.37. The van der Waals surface area contributed by atoms with Gasteiger partial charge in [0.2, 0.25) is 15.9 Å². The number of carbonyl (C=O) groups is 1. The number of fused-ring (bicyclic) bond motifs is 1. The zero-order valence-corrected chi connectivity index (χ0v) is 19.1. The lowest BCUT2D eigenvalue weighted by Gasteiger charge is -2.11. The summed E-state index contributed by atoms with van der Waals surface area (Å²) in [6.45, 7) is 3.61. The number of imidazole rings is 1. The first-order valence-electron chi connectivity index (χ1n) is 10.7. The fraction of sp³-hybridized carbons (Fsp3) is 0.304. The number of sulfonamides is 1. The molecule has 0 atom stereocenters. The Labute approximate surface area is 192 Å². The summed E-state index contributed by atoms with van der Waals surface area (Å²) in [4.78, 5) is 16.5. The van der Waals surface area contributed by atoms with Gasteiger partial charge in [0.15, 0.2) is 11.5 Å². The first kappa shape index (κ1) is 22.8. The fourth-order valence-electron chi connectivity index (χ4n) is 3.38. The average Bonchev–Trinajstić information content (AvgIpc) is 3.05. The molecule has 0 fully saturated rings. The predicted octanol–water partition coefficient (Wildman–Crippen LogP) is 2.71. The number of amides is 1. The summed E-state index contributed by atoms with van der Waals surface area (Å²) in [6.07, 6.45) is 4.41. The lowest BCUT2D eigenvalue weighted by molar-refractivity contribution is -0.116. The first-order valence-corrected chi connectivity index (χ1v) is 12.1. The van der Waals surface area contributed by atoms with E-state index in [0.29, 0.717) is 36.9 Å². The molecule has 0 radical (unpaired) electrons. The summed E-state index contributed by atoms with van der Waals surface area (Å²) in [5.41, 5.74) is 1.73. The van der Waals surface area contributed by atoms with Crippen molar-refractivity contribution in [2.45, 2.75) is 31.2 Å². The van der Waals surface area contributed by atoms with Crippen molar-refractivity contribution in [1.29, 1.82) is 0 Å². The van der Waals surface area contributed by atoms with Crippen LogP contribution in [-0.4, -0.2) is 43.6 Å². The molecule has 1 aliphatic rings. The number of rotatable bonds is 8. The minimum Gasteiger partial charge on any atom is -0.490 e. The number of benzene rings is 2. The Bertz CT molecular complexity index is 1220. The summed E-state index contributed by atoms with van der Waals surface area (Å²) in [6, 6.07) is 12.0. The van der Waals surface area contributed by atoms with Crippen LogP contribution < -0.4 is 19.5 Å². The molecule has 2 aromatic carbocycles. The van der Waals surface area contributed by atoms with Crippen molar-refractivity contribution in [3.63, 3.8) is 0 Å². The van der Waals surface area contributed by atoms with Crippen molar-refractivity contribution in [2.24, 2.45) is 0 Å². The largest absolute Gasteiger partial charge is 0.490 e. The molecule has 1 aliphatic heterocycles. The third-order valence-electron chi connectivity index (χ3n) is 5.19. The van der Waals surface area contributed by atoms with E-state index in [1.165, 1.54) is 12.1 Å². The highest BCUT2D eigenvalue weighted by Gasteiger charge is 2.19. The van der Waals surface area contributed by atoms with E-state index in [0.717, 1.165) is 17.8 Å². The number of anilines is 1. The summed E-state index contributed by atoms with van der Waals surface area (Å²) in [5, 5.41) is 2.78. The molecule has 0 saturated carbocycles. The molecule has 0 aliphatic carbocycles. The van der Waals surface area contributed by atoms with Crippen LogP contribution in [0.2, 0.25) is 0 Å². The van der Waals surface area contributed by atoms with Crippen molar-refractivity contribution in [2.75, 3.05) is 25.1 Å². The van der Waals surface area contributed by atoms with Crippen LogP contribution in [0.3, 0.4) is 0 Å². The number of carbonyl (C=O) groups excluding carboxylic acids is 1. The molecule has 0 unspecified atom stereocenters. The van der Waals surface area contributed by atoms with Gasteiger partial charge < -0.3 is 19.4 Å². The first-order chi connectivity index (χ1) is 15.9. The van der Waals surface area contributed by atoms with Crippen LogP contribution in [0, 0.1) is 6.92 Å². The van der Waals surface area contributed by atoms with Crippen molar-refractivity contribution < 1.29 is 22.7 Å². The van der Waals surface area contributed by atoms with Gasteiger partial charge in [-0.25, -0.2) is 18.1 Å². The molecule has 1 amide bonds. The van der Waals surface area contributed by atoms with E-state index in [1.807, 2.05) is 42.0 Å². The Kier molecular flexibility index (Phi) is 6.95. The highest BCUT2D eigenvalue weighted by Crippen LogP contribution is 2.31. The van der Waals surface area contributed by atoms with Crippen LogP contribution in [0.1, 0.15) is 24.2 Å². The van der Waals surface area contributed by atoms with Crippen molar-refractivity contribution in [1.82, 2.24) is 14.3 Å². The molecule has 2 heterocycles. The predicted molar refractivity (Wildman–Crippen MR) is 123 cm³/mol. The number of hydrogen-bond donors (Lipinski definition) is 2. The van der Waals surface area contributed by atoms with E-state index in [2.05, 4.69) is 15.0 Å². The Morgan fingerprint density at radius 2 is 1.85 bits per heavy atom. The smallest absolute Gasteiger partial charge is 0.240 e. The minimum atomic E-state index is -3.78. The third-order valence-corrected chi connectivity index (χ3v) is 6.65. The second-order valence-corrected chi connectivity index (χ2v) is 9.42. The summed E-state index contributed by atoms with van der Waals surface area (Å²) in [7, 11) is -3.78. The topological polar surface area (TPSA) is 112 Å². The van der Waals surface area contributed by atoms with E-state index in [9.17, 15) is 13.2 Å². The van der Waals surface area contributed by atoms with E-state index >= 15 is 0 Å². The van der Waals surface area contributed by atoms with Gasteiger partial charge in [-0.2, -0.15) is 0 Å². The van der Waals surface area contributed by atoms with Gasteiger partial charge in [0.05, 0.1) is 18.1 Å². The molecule has 0 bridgehead atoms. The Morgan fingerprint density at radius 1 is 1.09 bits per heavy atom. The number of ether oxygens (including phenoxy) is 2. The maximum Gasteiger partial charge on any atom is 0.240 e. The second kappa shape index (κ2) is 10.1. The monoisotopic (exact) mass is 470 g/mol. The molecule has 9 nitrogen and oxygen atoms in total. The molecular formula is C23H26N4O5S. The lowest BCUT2D eigenvalue weighted by Crippen LogP contribution is -2.27. The van der Waals surface area contributed by atoms with E-state index in [1.54, 1.807) is 12.3 Å².